The Hall–Kier alpha value is -2.67. The topological polar surface area (TPSA) is 17.1 Å². The number of aldehydes is 1. The molecule has 4 rings (SSSR count). The molecular formula is C23H20O. The summed E-state index contributed by atoms with van der Waals surface area (Å²) in [7, 11) is 0. The standard InChI is InChI=1S/C23H20O/c1-15-7-9-19-20-10-8-16(2)12-22(20)23(3,21(19)11-15)18-6-4-5-17(13-18)14-24/h4-14H,1-3H3. The van der Waals surface area contributed by atoms with Crippen molar-refractivity contribution in [1.82, 2.24) is 0 Å². The Bertz CT molecular complexity index is 914. The van der Waals surface area contributed by atoms with Crippen LogP contribution in [0.1, 0.15) is 45.1 Å². The van der Waals surface area contributed by atoms with E-state index >= 15 is 0 Å². The molecule has 0 radical (unpaired) electrons. The highest BCUT2D eigenvalue weighted by Crippen LogP contribution is 2.52. The predicted molar refractivity (Wildman–Crippen MR) is 98.7 cm³/mol. The summed E-state index contributed by atoms with van der Waals surface area (Å²) in [4.78, 5) is 11.3. The van der Waals surface area contributed by atoms with Gasteiger partial charge in [-0.25, -0.2) is 0 Å². The molecular weight excluding hydrogens is 292 g/mol. The van der Waals surface area contributed by atoms with Crippen LogP contribution in [0.15, 0.2) is 60.7 Å². The van der Waals surface area contributed by atoms with Crippen molar-refractivity contribution >= 4 is 6.29 Å². The van der Waals surface area contributed by atoms with Gasteiger partial charge < -0.3 is 0 Å². The third-order valence-electron chi connectivity index (χ3n) is 5.32. The molecule has 0 atom stereocenters. The smallest absolute Gasteiger partial charge is 0.150 e. The number of carbonyl (C=O) groups is 1. The van der Waals surface area contributed by atoms with E-state index in [1.165, 1.54) is 38.9 Å². The Morgan fingerprint density at radius 1 is 0.792 bits per heavy atom. The monoisotopic (exact) mass is 312 g/mol. The maximum absolute atomic E-state index is 11.3. The molecule has 1 aliphatic carbocycles. The van der Waals surface area contributed by atoms with Crippen LogP contribution < -0.4 is 0 Å². The molecule has 1 nitrogen and oxygen atoms in total. The highest BCUT2D eigenvalue weighted by atomic mass is 16.1. The first-order chi connectivity index (χ1) is 11.5. The van der Waals surface area contributed by atoms with Crippen molar-refractivity contribution in [3.63, 3.8) is 0 Å². The molecule has 0 aliphatic heterocycles. The minimum atomic E-state index is -0.234. The summed E-state index contributed by atoms with van der Waals surface area (Å²) in [6, 6.07) is 21.4. The van der Waals surface area contributed by atoms with Crippen molar-refractivity contribution in [3.8, 4) is 11.1 Å². The second kappa shape index (κ2) is 5.17. The van der Waals surface area contributed by atoms with Crippen molar-refractivity contribution in [1.29, 1.82) is 0 Å². The van der Waals surface area contributed by atoms with Crippen LogP contribution in [0.25, 0.3) is 11.1 Å². The van der Waals surface area contributed by atoms with Crippen LogP contribution in [0.3, 0.4) is 0 Å². The van der Waals surface area contributed by atoms with E-state index in [1.54, 1.807) is 0 Å². The molecule has 0 unspecified atom stereocenters. The highest BCUT2D eigenvalue weighted by Gasteiger charge is 2.40. The van der Waals surface area contributed by atoms with Crippen LogP contribution in [0, 0.1) is 13.8 Å². The molecule has 24 heavy (non-hydrogen) atoms. The number of carbonyl (C=O) groups excluding carboxylic acids is 1. The third kappa shape index (κ3) is 1.98. The molecule has 118 valence electrons. The molecule has 0 spiro atoms. The van der Waals surface area contributed by atoms with E-state index in [4.69, 9.17) is 0 Å². The van der Waals surface area contributed by atoms with Crippen molar-refractivity contribution < 1.29 is 4.79 Å². The first-order valence-corrected chi connectivity index (χ1v) is 8.32. The second-order valence-electron chi connectivity index (χ2n) is 6.97. The van der Waals surface area contributed by atoms with Gasteiger partial charge >= 0.3 is 0 Å². The van der Waals surface area contributed by atoms with E-state index in [2.05, 4.69) is 63.2 Å². The molecule has 0 aromatic heterocycles. The average Bonchev–Trinajstić information content (AvgIpc) is 2.84. The zero-order chi connectivity index (χ0) is 16.9. The lowest BCUT2D eigenvalue weighted by Crippen LogP contribution is -2.22. The Morgan fingerprint density at radius 2 is 1.38 bits per heavy atom. The van der Waals surface area contributed by atoms with Gasteiger partial charge in [0.1, 0.15) is 6.29 Å². The summed E-state index contributed by atoms with van der Waals surface area (Å²) in [5.41, 5.74) is 9.43. The largest absolute Gasteiger partial charge is 0.298 e. The van der Waals surface area contributed by atoms with Crippen LogP contribution >= 0.6 is 0 Å². The molecule has 0 bridgehead atoms. The Balaban J connectivity index is 2.09. The van der Waals surface area contributed by atoms with Crippen molar-refractivity contribution in [3.05, 3.63) is 94.0 Å². The molecule has 3 aromatic rings. The fraction of sp³-hybridized carbons (Fsp3) is 0.174. The molecule has 0 heterocycles. The van der Waals surface area contributed by atoms with E-state index in [1.807, 2.05) is 18.2 Å². The fourth-order valence-corrected chi connectivity index (χ4v) is 3.99. The number of benzene rings is 3. The SMILES string of the molecule is Cc1ccc2c(c1)C(C)(c1cccc(C=O)c1)c1cc(C)ccc1-2. The van der Waals surface area contributed by atoms with Gasteiger partial charge in [-0.2, -0.15) is 0 Å². The van der Waals surface area contributed by atoms with Crippen LogP contribution in [-0.4, -0.2) is 6.29 Å². The molecule has 1 heteroatoms. The van der Waals surface area contributed by atoms with Gasteiger partial charge in [0, 0.05) is 11.0 Å². The van der Waals surface area contributed by atoms with Crippen LogP contribution in [0.2, 0.25) is 0 Å². The van der Waals surface area contributed by atoms with Gasteiger partial charge in [0.15, 0.2) is 0 Å². The lowest BCUT2D eigenvalue weighted by atomic mass is 9.73. The van der Waals surface area contributed by atoms with Gasteiger partial charge in [-0.1, -0.05) is 65.7 Å². The van der Waals surface area contributed by atoms with Gasteiger partial charge in [-0.3, -0.25) is 4.79 Å². The minimum absolute atomic E-state index is 0.234. The first kappa shape index (κ1) is 14.9. The maximum atomic E-state index is 11.3. The van der Waals surface area contributed by atoms with Gasteiger partial charge in [0.25, 0.3) is 0 Å². The van der Waals surface area contributed by atoms with E-state index in [-0.39, 0.29) is 5.41 Å². The normalized spacial score (nSPS) is 14.1. The lowest BCUT2D eigenvalue weighted by Gasteiger charge is -2.29. The zero-order valence-corrected chi connectivity index (χ0v) is 14.3. The first-order valence-electron chi connectivity index (χ1n) is 8.32. The summed E-state index contributed by atoms with van der Waals surface area (Å²) in [6.07, 6.45) is 0.927. The van der Waals surface area contributed by atoms with Crippen molar-refractivity contribution in [2.75, 3.05) is 0 Å². The van der Waals surface area contributed by atoms with Crippen LogP contribution in [0.4, 0.5) is 0 Å². The van der Waals surface area contributed by atoms with Crippen molar-refractivity contribution in [2.24, 2.45) is 0 Å². The fourth-order valence-electron chi connectivity index (χ4n) is 3.99. The molecule has 3 aromatic carbocycles. The number of rotatable bonds is 2. The maximum Gasteiger partial charge on any atom is 0.150 e. The quantitative estimate of drug-likeness (QED) is 0.575. The highest BCUT2D eigenvalue weighted by molar-refractivity contribution is 5.84. The summed E-state index contributed by atoms with van der Waals surface area (Å²) in [5, 5.41) is 0. The summed E-state index contributed by atoms with van der Waals surface area (Å²) in [5.74, 6) is 0. The molecule has 0 saturated carbocycles. The van der Waals surface area contributed by atoms with Gasteiger partial charge in [0.05, 0.1) is 0 Å². The lowest BCUT2D eigenvalue weighted by molar-refractivity contribution is 0.112. The second-order valence-corrected chi connectivity index (χ2v) is 6.97. The van der Waals surface area contributed by atoms with Gasteiger partial charge in [0.2, 0.25) is 0 Å². The summed E-state index contributed by atoms with van der Waals surface area (Å²) in [6.45, 7) is 6.55. The minimum Gasteiger partial charge on any atom is -0.298 e. The number of fused-ring (bicyclic) bond motifs is 3. The zero-order valence-electron chi connectivity index (χ0n) is 14.3. The van der Waals surface area contributed by atoms with E-state index in [9.17, 15) is 4.79 Å². The van der Waals surface area contributed by atoms with Gasteiger partial charge in [-0.15, -0.1) is 0 Å². The summed E-state index contributed by atoms with van der Waals surface area (Å²) >= 11 is 0. The third-order valence-corrected chi connectivity index (χ3v) is 5.32. The molecule has 0 N–H and O–H groups in total. The van der Waals surface area contributed by atoms with E-state index < -0.39 is 0 Å². The average molecular weight is 312 g/mol. The number of hydrogen-bond acceptors (Lipinski definition) is 1. The molecule has 0 saturated heterocycles. The van der Waals surface area contributed by atoms with Crippen molar-refractivity contribution in [2.45, 2.75) is 26.2 Å². The Morgan fingerprint density at radius 3 is 1.92 bits per heavy atom. The predicted octanol–water partition coefficient (Wildman–Crippen LogP) is 5.45. The van der Waals surface area contributed by atoms with Crippen LogP contribution in [-0.2, 0) is 5.41 Å². The molecule has 0 amide bonds. The van der Waals surface area contributed by atoms with Gasteiger partial charge in [-0.05, 0) is 54.7 Å². The Kier molecular flexibility index (Phi) is 3.21. The summed E-state index contributed by atoms with van der Waals surface area (Å²) < 4.78 is 0. The molecule has 0 fully saturated rings. The van der Waals surface area contributed by atoms with Crippen LogP contribution in [0.5, 0.6) is 0 Å². The van der Waals surface area contributed by atoms with E-state index in [0.717, 1.165) is 11.8 Å². The van der Waals surface area contributed by atoms with E-state index in [0.29, 0.717) is 0 Å². The molecule has 1 aliphatic rings. The Labute approximate surface area is 143 Å². The number of hydrogen-bond donors (Lipinski definition) is 0. The number of aryl methyl sites for hydroxylation is 2.